The van der Waals surface area contributed by atoms with Gasteiger partial charge in [-0.05, 0) is 29.5 Å². The zero-order valence-corrected chi connectivity index (χ0v) is 12.8. The Hall–Kier alpha value is -1.76. The molecule has 110 valence electrons. The molecule has 0 aliphatic heterocycles. The number of hydrogen-bond acceptors (Lipinski definition) is 1. The van der Waals surface area contributed by atoms with Crippen LogP contribution in [-0.2, 0) is 6.42 Å². The molecule has 3 rings (SSSR count). The molecular formula is C20H24O. The fourth-order valence-corrected chi connectivity index (χ4v) is 3.43. The Morgan fingerprint density at radius 3 is 2.33 bits per heavy atom. The van der Waals surface area contributed by atoms with E-state index in [1.807, 2.05) is 12.1 Å². The zero-order valence-electron chi connectivity index (χ0n) is 12.8. The highest BCUT2D eigenvalue weighted by atomic mass is 16.5. The molecule has 1 fully saturated rings. The van der Waals surface area contributed by atoms with Crippen LogP contribution in [0.5, 0.6) is 5.75 Å². The first-order valence-corrected chi connectivity index (χ1v) is 8.09. The van der Waals surface area contributed by atoms with Gasteiger partial charge in [-0.25, -0.2) is 0 Å². The summed E-state index contributed by atoms with van der Waals surface area (Å²) in [6.45, 7) is 0. The molecule has 1 heteroatoms. The highest BCUT2D eigenvalue weighted by Crippen LogP contribution is 2.31. The van der Waals surface area contributed by atoms with Gasteiger partial charge in [-0.2, -0.15) is 0 Å². The summed E-state index contributed by atoms with van der Waals surface area (Å²) < 4.78 is 5.45. The maximum Gasteiger partial charge on any atom is 0.126 e. The largest absolute Gasteiger partial charge is 0.496 e. The van der Waals surface area contributed by atoms with Crippen molar-refractivity contribution in [2.24, 2.45) is 5.92 Å². The highest BCUT2D eigenvalue weighted by Gasteiger charge is 2.14. The topological polar surface area (TPSA) is 9.23 Å². The second-order valence-corrected chi connectivity index (χ2v) is 6.11. The number of para-hydroxylation sites is 1. The molecule has 1 aliphatic carbocycles. The molecule has 0 atom stereocenters. The second kappa shape index (κ2) is 6.80. The van der Waals surface area contributed by atoms with Crippen LogP contribution >= 0.6 is 0 Å². The Labute approximate surface area is 128 Å². The van der Waals surface area contributed by atoms with E-state index in [0.717, 1.165) is 11.7 Å². The Morgan fingerprint density at radius 2 is 1.62 bits per heavy atom. The number of benzene rings is 2. The van der Waals surface area contributed by atoms with Gasteiger partial charge in [0.15, 0.2) is 0 Å². The normalized spacial score (nSPS) is 15.9. The summed E-state index contributed by atoms with van der Waals surface area (Å²) >= 11 is 0. The fourth-order valence-electron chi connectivity index (χ4n) is 3.43. The number of hydrogen-bond donors (Lipinski definition) is 0. The lowest BCUT2D eigenvalue weighted by Crippen LogP contribution is -2.09. The highest BCUT2D eigenvalue weighted by molar-refractivity contribution is 5.70. The minimum Gasteiger partial charge on any atom is -0.496 e. The van der Waals surface area contributed by atoms with Gasteiger partial charge in [-0.3, -0.25) is 0 Å². The van der Waals surface area contributed by atoms with Crippen molar-refractivity contribution in [2.45, 2.75) is 38.5 Å². The monoisotopic (exact) mass is 280 g/mol. The summed E-state index contributed by atoms with van der Waals surface area (Å²) in [5.41, 5.74) is 3.88. The predicted molar refractivity (Wildman–Crippen MR) is 88.7 cm³/mol. The first kappa shape index (κ1) is 14.2. The Bertz CT molecular complexity index is 565. The molecular weight excluding hydrogens is 256 g/mol. The van der Waals surface area contributed by atoms with Gasteiger partial charge in [0.1, 0.15) is 5.75 Å². The summed E-state index contributed by atoms with van der Waals surface area (Å²) in [6, 6.07) is 17.3. The van der Waals surface area contributed by atoms with Crippen LogP contribution in [0, 0.1) is 5.92 Å². The van der Waals surface area contributed by atoms with Crippen molar-refractivity contribution in [3.05, 3.63) is 54.1 Å². The molecule has 0 aromatic heterocycles. The number of rotatable bonds is 4. The van der Waals surface area contributed by atoms with Crippen molar-refractivity contribution in [3.63, 3.8) is 0 Å². The molecule has 0 unspecified atom stereocenters. The number of ether oxygens (including phenoxy) is 1. The van der Waals surface area contributed by atoms with E-state index in [4.69, 9.17) is 4.74 Å². The van der Waals surface area contributed by atoms with Crippen LogP contribution in [0.25, 0.3) is 11.1 Å². The maximum atomic E-state index is 5.45. The van der Waals surface area contributed by atoms with Crippen LogP contribution in [-0.4, -0.2) is 7.11 Å². The first-order chi connectivity index (χ1) is 10.4. The Kier molecular flexibility index (Phi) is 4.59. The molecule has 21 heavy (non-hydrogen) atoms. The molecule has 0 bridgehead atoms. The van der Waals surface area contributed by atoms with E-state index in [1.165, 1.54) is 55.2 Å². The summed E-state index contributed by atoms with van der Waals surface area (Å²) in [7, 11) is 1.73. The summed E-state index contributed by atoms with van der Waals surface area (Å²) in [5.74, 6) is 1.84. The van der Waals surface area contributed by atoms with Gasteiger partial charge in [0.25, 0.3) is 0 Å². The van der Waals surface area contributed by atoms with Crippen molar-refractivity contribution in [1.29, 1.82) is 0 Å². The lowest BCUT2D eigenvalue weighted by molar-refractivity contribution is 0.356. The third-order valence-corrected chi connectivity index (χ3v) is 4.62. The van der Waals surface area contributed by atoms with Crippen LogP contribution < -0.4 is 4.74 Å². The molecule has 1 nitrogen and oxygen atoms in total. The molecule has 2 aromatic carbocycles. The lowest BCUT2D eigenvalue weighted by atomic mass is 9.84. The molecule has 1 saturated carbocycles. The second-order valence-electron chi connectivity index (χ2n) is 6.11. The van der Waals surface area contributed by atoms with E-state index in [2.05, 4.69) is 36.4 Å². The molecule has 2 aromatic rings. The molecule has 0 amide bonds. The summed E-state index contributed by atoms with van der Waals surface area (Å²) in [6.07, 6.45) is 8.34. The van der Waals surface area contributed by atoms with E-state index in [0.29, 0.717) is 0 Å². The molecule has 0 heterocycles. The fraction of sp³-hybridized carbons (Fsp3) is 0.400. The van der Waals surface area contributed by atoms with E-state index < -0.39 is 0 Å². The minimum absolute atomic E-state index is 0.899. The van der Waals surface area contributed by atoms with Crippen molar-refractivity contribution in [1.82, 2.24) is 0 Å². The Morgan fingerprint density at radius 1 is 0.905 bits per heavy atom. The molecule has 0 spiro atoms. The summed E-state index contributed by atoms with van der Waals surface area (Å²) in [4.78, 5) is 0. The average Bonchev–Trinajstić information content (AvgIpc) is 2.56. The van der Waals surface area contributed by atoms with Crippen molar-refractivity contribution < 1.29 is 4.74 Å². The molecule has 0 saturated heterocycles. The molecule has 0 N–H and O–H groups in total. The Balaban J connectivity index is 1.74. The van der Waals surface area contributed by atoms with Gasteiger partial charge in [0, 0.05) is 5.56 Å². The first-order valence-electron chi connectivity index (χ1n) is 8.09. The quantitative estimate of drug-likeness (QED) is 0.720. The smallest absolute Gasteiger partial charge is 0.126 e. The van der Waals surface area contributed by atoms with Gasteiger partial charge in [-0.1, -0.05) is 74.6 Å². The van der Waals surface area contributed by atoms with Gasteiger partial charge in [0.05, 0.1) is 7.11 Å². The maximum absolute atomic E-state index is 5.45. The minimum atomic E-state index is 0.899. The molecule has 0 radical (unpaired) electrons. The summed E-state index contributed by atoms with van der Waals surface area (Å²) in [5, 5.41) is 0. The van der Waals surface area contributed by atoms with Crippen LogP contribution in [0.2, 0.25) is 0 Å². The van der Waals surface area contributed by atoms with Crippen molar-refractivity contribution in [3.8, 4) is 16.9 Å². The van der Waals surface area contributed by atoms with Gasteiger partial charge < -0.3 is 4.74 Å². The van der Waals surface area contributed by atoms with Gasteiger partial charge in [-0.15, -0.1) is 0 Å². The van der Waals surface area contributed by atoms with Crippen LogP contribution in [0.1, 0.15) is 37.7 Å². The average molecular weight is 280 g/mol. The van der Waals surface area contributed by atoms with E-state index in [-0.39, 0.29) is 0 Å². The van der Waals surface area contributed by atoms with Crippen molar-refractivity contribution in [2.75, 3.05) is 7.11 Å². The van der Waals surface area contributed by atoms with Gasteiger partial charge in [0.2, 0.25) is 0 Å². The predicted octanol–water partition coefficient (Wildman–Crippen LogP) is 5.49. The van der Waals surface area contributed by atoms with E-state index in [1.54, 1.807) is 7.11 Å². The lowest BCUT2D eigenvalue weighted by Gasteiger charge is -2.21. The number of methoxy groups -OCH3 is 1. The van der Waals surface area contributed by atoms with Crippen LogP contribution in [0.4, 0.5) is 0 Å². The SMILES string of the molecule is COc1ccccc1-c1ccc(CC2CCCCC2)cc1. The van der Waals surface area contributed by atoms with E-state index >= 15 is 0 Å². The third-order valence-electron chi connectivity index (χ3n) is 4.62. The van der Waals surface area contributed by atoms with E-state index in [9.17, 15) is 0 Å². The third kappa shape index (κ3) is 3.47. The zero-order chi connectivity index (χ0) is 14.5. The van der Waals surface area contributed by atoms with Crippen LogP contribution in [0.15, 0.2) is 48.5 Å². The van der Waals surface area contributed by atoms with Crippen LogP contribution in [0.3, 0.4) is 0 Å². The standard InChI is InChI=1S/C20H24O/c1-21-20-10-6-5-9-19(20)18-13-11-17(12-14-18)15-16-7-3-2-4-8-16/h5-6,9-14,16H,2-4,7-8,15H2,1H3. The molecule has 1 aliphatic rings. The van der Waals surface area contributed by atoms with Gasteiger partial charge >= 0.3 is 0 Å². The van der Waals surface area contributed by atoms with Crippen molar-refractivity contribution >= 4 is 0 Å².